The molecule has 0 amide bonds. The van der Waals surface area contributed by atoms with Crippen molar-refractivity contribution in [3.63, 3.8) is 0 Å². The number of benzene rings is 1. The van der Waals surface area contributed by atoms with E-state index >= 15 is 0 Å². The molecule has 3 nitrogen and oxygen atoms in total. The predicted octanol–water partition coefficient (Wildman–Crippen LogP) is 4.42. The van der Waals surface area contributed by atoms with E-state index in [2.05, 4.69) is 31.0 Å². The molecule has 3 heteroatoms. The number of phenolic OH excluding ortho intramolecular Hbond substituents is 1. The highest BCUT2D eigenvalue weighted by molar-refractivity contribution is 5.71. The Morgan fingerprint density at radius 2 is 2.00 bits per heavy atom. The lowest BCUT2D eigenvalue weighted by Gasteiger charge is -2.29. The minimum absolute atomic E-state index is 0.306. The van der Waals surface area contributed by atoms with Crippen molar-refractivity contribution in [1.82, 2.24) is 10.2 Å². The van der Waals surface area contributed by atoms with E-state index in [9.17, 15) is 5.11 Å². The van der Waals surface area contributed by atoms with Gasteiger partial charge < -0.3 is 5.11 Å². The Morgan fingerprint density at radius 1 is 1.25 bits per heavy atom. The highest BCUT2D eigenvalue weighted by atomic mass is 16.3. The molecule has 2 atom stereocenters. The van der Waals surface area contributed by atoms with E-state index < -0.39 is 0 Å². The van der Waals surface area contributed by atoms with Crippen LogP contribution in [0.4, 0.5) is 0 Å². The number of aromatic nitrogens is 2. The van der Waals surface area contributed by atoms with Crippen molar-refractivity contribution in [2.75, 3.05) is 0 Å². The minimum atomic E-state index is 0.306. The molecule has 0 bridgehead atoms. The number of nitrogens with zero attached hydrogens (tertiary/aromatic N) is 1. The zero-order chi connectivity index (χ0) is 14.3. The number of rotatable bonds is 2. The fourth-order valence-electron chi connectivity index (χ4n) is 3.41. The van der Waals surface area contributed by atoms with Crippen LogP contribution in [0.2, 0.25) is 0 Å². The first-order valence-electron chi connectivity index (χ1n) is 7.46. The van der Waals surface area contributed by atoms with E-state index in [0.29, 0.717) is 23.5 Å². The molecule has 2 N–H and O–H groups in total. The van der Waals surface area contributed by atoms with Crippen molar-refractivity contribution in [1.29, 1.82) is 0 Å². The summed E-state index contributed by atoms with van der Waals surface area (Å²) < 4.78 is 0. The lowest BCUT2D eigenvalue weighted by atomic mass is 9.75. The summed E-state index contributed by atoms with van der Waals surface area (Å²) in [6, 6.07) is 7.46. The number of nitrogens with one attached hydrogen (secondary N) is 1. The van der Waals surface area contributed by atoms with Gasteiger partial charge >= 0.3 is 0 Å². The normalized spacial score (nSPS) is 22.0. The Bertz CT molecular complexity index is 615. The third kappa shape index (κ3) is 2.01. The Labute approximate surface area is 120 Å². The highest BCUT2D eigenvalue weighted by Crippen LogP contribution is 2.45. The summed E-state index contributed by atoms with van der Waals surface area (Å²) in [5.41, 5.74) is 4.34. The van der Waals surface area contributed by atoms with Crippen LogP contribution in [0.3, 0.4) is 0 Å². The van der Waals surface area contributed by atoms with Gasteiger partial charge in [0.15, 0.2) is 0 Å². The summed E-state index contributed by atoms with van der Waals surface area (Å²) in [5.74, 6) is 1.96. The second kappa shape index (κ2) is 4.97. The van der Waals surface area contributed by atoms with Crippen LogP contribution < -0.4 is 0 Å². The third-order valence-electron chi connectivity index (χ3n) is 4.57. The van der Waals surface area contributed by atoms with Crippen molar-refractivity contribution in [3.05, 3.63) is 35.5 Å². The molecular weight excluding hydrogens is 248 g/mol. The van der Waals surface area contributed by atoms with Gasteiger partial charge in [-0.2, -0.15) is 5.10 Å². The first-order valence-corrected chi connectivity index (χ1v) is 7.46. The zero-order valence-corrected chi connectivity index (χ0v) is 12.4. The molecule has 0 fully saturated rings. The average molecular weight is 270 g/mol. The molecule has 2 aromatic rings. The number of para-hydroxylation sites is 1. The van der Waals surface area contributed by atoms with E-state index in [1.54, 1.807) is 6.07 Å². The Kier molecular flexibility index (Phi) is 3.28. The lowest BCUT2D eigenvalue weighted by molar-refractivity contribution is 0.403. The Hall–Kier alpha value is -1.77. The summed E-state index contributed by atoms with van der Waals surface area (Å²) in [5, 5.41) is 17.9. The van der Waals surface area contributed by atoms with Crippen LogP contribution in [0, 0.1) is 5.92 Å². The van der Waals surface area contributed by atoms with Gasteiger partial charge in [0.05, 0.1) is 5.69 Å². The molecule has 20 heavy (non-hydrogen) atoms. The van der Waals surface area contributed by atoms with E-state index in [1.165, 1.54) is 24.1 Å². The highest BCUT2D eigenvalue weighted by Gasteiger charge is 2.32. The summed E-state index contributed by atoms with van der Waals surface area (Å²) in [6.07, 6.45) is 2.41. The van der Waals surface area contributed by atoms with Crippen LogP contribution >= 0.6 is 0 Å². The van der Waals surface area contributed by atoms with Crippen LogP contribution in [-0.2, 0) is 0 Å². The first kappa shape index (κ1) is 13.2. The van der Waals surface area contributed by atoms with Gasteiger partial charge in [0, 0.05) is 22.7 Å². The van der Waals surface area contributed by atoms with Gasteiger partial charge in [0.1, 0.15) is 5.75 Å². The molecular formula is C17H22N2O. The maximum absolute atomic E-state index is 10.1. The molecule has 3 rings (SSSR count). The van der Waals surface area contributed by atoms with Crippen LogP contribution in [0.25, 0.3) is 11.3 Å². The molecule has 1 aliphatic carbocycles. The van der Waals surface area contributed by atoms with Gasteiger partial charge in [-0.1, -0.05) is 32.9 Å². The summed E-state index contributed by atoms with van der Waals surface area (Å²) in [7, 11) is 0. The molecule has 0 saturated carbocycles. The second-order valence-corrected chi connectivity index (χ2v) is 6.25. The third-order valence-corrected chi connectivity index (χ3v) is 4.57. The molecule has 1 aromatic carbocycles. The molecule has 0 saturated heterocycles. The quantitative estimate of drug-likeness (QED) is 0.848. The van der Waals surface area contributed by atoms with Crippen LogP contribution in [0.1, 0.15) is 56.7 Å². The number of hydrogen-bond acceptors (Lipinski definition) is 2. The fourth-order valence-corrected chi connectivity index (χ4v) is 3.41. The minimum Gasteiger partial charge on any atom is -0.507 e. The number of hydrogen-bond donors (Lipinski definition) is 2. The largest absolute Gasteiger partial charge is 0.507 e. The fraction of sp³-hybridized carbons (Fsp3) is 0.471. The standard InChI is InChI=1S/C17H22N2O/c1-10(2)12-9-8-11(3)15-16(12)18-19-17(15)13-6-4-5-7-14(13)20/h4-7,10-12,20H,8-9H2,1-3H3,(H,18,19)/t11-,12+/m1/s1. The lowest BCUT2D eigenvalue weighted by Crippen LogP contribution is -2.16. The average Bonchev–Trinajstić information content (AvgIpc) is 2.84. The molecule has 0 radical (unpaired) electrons. The van der Waals surface area contributed by atoms with Gasteiger partial charge in [-0.25, -0.2) is 0 Å². The second-order valence-electron chi connectivity index (χ2n) is 6.25. The maximum atomic E-state index is 10.1. The molecule has 0 unspecified atom stereocenters. The van der Waals surface area contributed by atoms with E-state index in [4.69, 9.17) is 0 Å². The maximum Gasteiger partial charge on any atom is 0.125 e. The smallest absolute Gasteiger partial charge is 0.125 e. The van der Waals surface area contributed by atoms with Gasteiger partial charge in [0.2, 0.25) is 0 Å². The van der Waals surface area contributed by atoms with Crippen molar-refractivity contribution >= 4 is 0 Å². The molecule has 1 aromatic heterocycles. The number of phenols is 1. The topological polar surface area (TPSA) is 48.9 Å². The zero-order valence-electron chi connectivity index (χ0n) is 12.4. The molecule has 0 aliphatic heterocycles. The Morgan fingerprint density at radius 3 is 2.70 bits per heavy atom. The van der Waals surface area contributed by atoms with Crippen molar-refractivity contribution in [2.24, 2.45) is 5.92 Å². The van der Waals surface area contributed by atoms with Crippen LogP contribution in [0.15, 0.2) is 24.3 Å². The van der Waals surface area contributed by atoms with Crippen molar-refractivity contribution in [2.45, 2.75) is 45.4 Å². The number of H-pyrrole nitrogens is 1. The number of fused-ring (bicyclic) bond motifs is 1. The first-order chi connectivity index (χ1) is 9.59. The number of aromatic amines is 1. The van der Waals surface area contributed by atoms with Crippen LogP contribution in [0.5, 0.6) is 5.75 Å². The molecule has 1 aliphatic rings. The van der Waals surface area contributed by atoms with E-state index in [0.717, 1.165) is 11.3 Å². The number of aromatic hydroxyl groups is 1. The summed E-state index contributed by atoms with van der Waals surface area (Å²) in [4.78, 5) is 0. The Balaban J connectivity index is 2.14. The van der Waals surface area contributed by atoms with Crippen LogP contribution in [-0.4, -0.2) is 15.3 Å². The van der Waals surface area contributed by atoms with Gasteiger partial charge in [0.25, 0.3) is 0 Å². The van der Waals surface area contributed by atoms with Crippen molar-refractivity contribution < 1.29 is 5.11 Å². The molecule has 0 spiro atoms. The monoisotopic (exact) mass is 270 g/mol. The van der Waals surface area contributed by atoms with E-state index in [1.807, 2.05) is 18.2 Å². The molecule has 1 heterocycles. The predicted molar refractivity (Wildman–Crippen MR) is 80.9 cm³/mol. The summed E-state index contributed by atoms with van der Waals surface area (Å²) in [6.45, 7) is 6.80. The molecule has 106 valence electrons. The van der Waals surface area contributed by atoms with Gasteiger partial charge in [-0.3, -0.25) is 5.10 Å². The van der Waals surface area contributed by atoms with Gasteiger partial charge in [-0.15, -0.1) is 0 Å². The van der Waals surface area contributed by atoms with Gasteiger partial charge in [-0.05, 0) is 36.8 Å². The SMILES string of the molecule is CC(C)[C@@H]1CC[C@@H](C)c2c(-c3ccccc3O)n[nH]c21. The van der Waals surface area contributed by atoms with E-state index in [-0.39, 0.29) is 0 Å². The summed E-state index contributed by atoms with van der Waals surface area (Å²) >= 11 is 0. The van der Waals surface area contributed by atoms with Crippen molar-refractivity contribution in [3.8, 4) is 17.0 Å².